The third-order valence-electron chi connectivity index (χ3n) is 12.6. The van der Waals surface area contributed by atoms with Crippen LogP contribution in [0.3, 0.4) is 0 Å². The molecule has 4 fully saturated rings. The summed E-state index contributed by atoms with van der Waals surface area (Å²) in [5, 5.41) is 0.947. The first-order valence-electron chi connectivity index (χ1n) is 18.3. The molecule has 2 saturated heterocycles. The molecule has 2 saturated carbocycles. The number of hydrogen-bond acceptors (Lipinski definition) is 5. The van der Waals surface area contributed by atoms with E-state index in [-0.39, 0.29) is 28.5 Å². The lowest BCUT2D eigenvalue weighted by Crippen LogP contribution is -2.54. The molecule has 2 aliphatic carbocycles. The smallest absolute Gasteiger partial charge is 0.263 e. The summed E-state index contributed by atoms with van der Waals surface area (Å²) in [6.07, 6.45) is 11.3. The van der Waals surface area contributed by atoms with Gasteiger partial charge in [-0.1, -0.05) is 25.3 Å². The van der Waals surface area contributed by atoms with Gasteiger partial charge < -0.3 is 19.1 Å². The molecule has 10 heteroatoms. The van der Waals surface area contributed by atoms with Crippen LogP contribution in [0.1, 0.15) is 111 Å². The van der Waals surface area contributed by atoms with Crippen LogP contribution in [-0.4, -0.2) is 74.3 Å². The van der Waals surface area contributed by atoms with Gasteiger partial charge in [0.25, 0.3) is 5.91 Å². The number of amides is 3. The number of ether oxygens (including phenoxy) is 1. The van der Waals surface area contributed by atoms with Crippen LogP contribution >= 0.6 is 0 Å². The number of carbonyl (C=O) groups is 3. The van der Waals surface area contributed by atoms with Crippen molar-refractivity contribution in [1.29, 1.82) is 0 Å². The maximum Gasteiger partial charge on any atom is 0.263 e. The minimum Gasteiger partial charge on any atom is -0.497 e. The second kappa shape index (κ2) is 12.3. The van der Waals surface area contributed by atoms with Crippen molar-refractivity contribution in [1.82, 2.24) is 19.1 Å². The normalized spacial score (nSPS) is 25.0. The van der Waals surface area contributed by atoms with Crippen LogP contribution in [0.2, 0.25) is 0 Å². The lowest BCUT2D eigenvalue weighted by atomic mass is 9.81. The number of fused-ring (bicyclic) bond motifs is 7. The van der Waals surface area contributed by atoms with Crippen LogP contribution < -0.4 is 9.46 Å². The van der Waals surface area contributed by atoms with Gasteiger partial charge in [0.2, 0.25) is 12.3 Å². The van der Waals surface area contributed by atoms with E-state index in [1.165, 1.54) is 36.1 Å². The molecule has 3 atom stereocenters. The van der Waals surface area contributed by atoms with Crippen molar-refractivity contribution in [3.05, 3.63) is 53.1 Å². The summed E-state index contributed by atoms with van der Waals surface area (Å²) >= 11 is 0. The number of aromatic nitrogens is 1. The SMILES string of the molecule is COc1ccc2c(c1)C1CC1(C(=O)N1CCC3(CCCN3C=O)CC1)Cn1c-2c(C2CCCCC2)c2ccc(C(=O)NS(=O)C(C)C)cc21. The number of hydrogen-bond donors (Lipinski definition) is 1. The van der Waals surface area contributed by atoms with E-state index in [1.807, 2.05) is 36.9 Å². The fourth-order valence-electron chi connectivity index (χ4n) is 9.79. The number of nitrogens with zero attached hydrogens (tertiary/aromatic N) is 3. The van der Waals surface area contributed by atoms with Gasteiger partial charge in [-0.2, -0.15) is 0 Å². The average Bonchev–Trinajstić information content (AvgIpc) is 3.63. The van der Waals surface area contributed by atoms with E-state index in [0.29, 0.717) is 31.1 Å². The molecule has 8 rings (SSSR count). The van der Waals surface area contributed by atoms with Crippen molar-refractivity contribution in [2.45, 2.75) is 107 Å². The highest BCUT2D eigenvalue weighted by molar-refractivity contribution is 7.84. The van der Waals surface area contributed by atoms with Crippen LogP contribution in [0, 0.1) is 5.41 Å². The standard InChI is InChI=1S/C39H48N4O5S/c1-25(2)49(47)40-36(45)27-10-12-30-33(20-27)43-23-39(37(46)41-18-15-38(16-19-41)14-7-17-42(38)24-44)22-32(39)31-21-28(48-3)11-13-29(31)35(43)34(30)26-8-5-4-6-9-26/h10-13,20-21,24-26,32H,4-9,14-19,22-23H2,1-3H3,(H,40,45). The maximum absolute atomic E-state index is 14.9. The predicted molar refractivity (Wildman–Crippen MR) is 191 cm³/mol. The molecule has 1 spiro atoms. The van der Waals surface area contributed by atoms with Crippen LogP contribution in [0.4, 0.5) is 0 Å². The van der Waals surface area contributed by atoms with E-state index in [0.717, 1.165) is 80.1 Å². The minimum absolute atomic E-state index is 0.0630. The number of methoxy groups -OCH3 is 1. The minimum atomic E-state index is -1.48. The van der Waals surface area contributed by atoms with E-state index < -0.39 is 16.4 Å². The topological polar surface area (TPSA) is 101 Å². The Hall–Kier alpha value is -3.66. The molecule has 49 heavy (non-hydrogen) atoms. The van der Waals surface area contributed by atoms with E-state index >= 15 is 0 Å². The number of carbonyl (C=O) groups excluding carboxylic acids is 3. The van der Waals surface area contributed by atoms with Crippen LogP contribution in [-0.2, 0) is 27.1 Å². The van der Waals surface area contributed by atoms with Crippen molar-refractivity contribution in [2.75, 3.05) is 26.7 Å². The molecule has 1 N–H and O–H groups in total. The first kappa shape index (κ1) is 32.5. The molecule has 260 valence electrons. The Balaban J connectivity index is 1.25. The second-order valence-corrected chi connectivity index (χ2v) is 17.2. The van der Waals surface area contributed by atoms with Crippen molar-refractivity contribution in [2.24, 2.45) is 5.41 Å². The Kier molecular flexibility index (Phi) is 8.16. The zero-order valence-corrected chi connectivity index (χ0v) is 29.8. The lowest BCUT2D eigenvalue weighted by Gasteiger charge is -2.44. The highest BCUT2D eigenvalue weighted by atomic mass is 32.2. The molecule has 3 aliphatic heterocycles. The van der Waals surface area contributed by atoms with Crippen LogP contribution in [0.5, 0.6) is 5.75 Å². The number of likely N-dealkylation sites (tertiary alicyclic amines) is 2. The number of benzene rings is 2. The Bertz CT molecular complexity index is 1850. The van der Waals surface area contributed by atoms with Gasteiger partial charge >= 0.3 is 0 Å². The Labute approximate surface area is 291 Å². The molecule has 4 heterocycles. The molecule has 0 bridgehead atoms. The largest absolute Gasteiger partial charge is 0.497 e. The van der Waals surface area contributed by atoms with Gasteiger partial charge in [0.15, 0.2) is 0 Å². The van der Waals surface area contributed by atoms with Gasteiger partial charge in [0.1, 0.15) is 16.7 Å². The number of nitrogens with one attached hydrogen (secondary N) is 1. The first-order valence-corrected chi connectivity index (χ1v) is 19.5. The molecule has 0 radical (unpaired) electrons. The van der Waals surface area contributed by atoms with Gasteiger partial charge in [0, 0.05) is 64.9 Å². The predicted octanol–water partition coefficient (Wildman–Crippen LogP) is 6.27. The average molecular weight is 685 g/mol. The molecule has 3 amide bonds. The lowest BCUT2D eigenvalue weighted by molar-refractivity contribution is -0.141. The summed E-state index contributed by atoms with van der Waals surface area (Å²) in [6.45, 7) is 6.32. The van der Waals surface area contributed by atoms with E-state index in [4.69, 9.17) is 4.74 Å². The summed E-state index contributed by atoms with van der Waals surface area (Å²) < 4.78 is 23.4. The monoisotopic (exact) mass is 684 g/mol. The van der Waals surface area contributed by atoms with Crippen molar-refractivity contribution < 1.29 is 23.3 Å². The van der Waals surface area contributed by atoms with E-state index in [1.54, 1.807) is 7.11 Å². The molecule has 2 aromatic carbocycles. The van der Waals surface area contributed by atoms with Crippen molar-refractivity contribution >= 4 is 40.1 Å². The summed E-state index contributed by atoms with van der Waals surface area (Å²) in [5.41, 5.74) is 5.55. The van der Waals surface area contributed by atoms with Crippen molar-refractivity contribution in [3.63, 3.8) is 0 Å². The fourth-order valence-corrected chi connectivity index (χ4v) is 10.3. The zero-order chi connectivity index (χ0) is 34.1. The van der Waals surface area contributed by atoms with E-state index in [9.17, 15) is 18.6 Å². The van der Waals surface area contributed by atoms with Gasteiger partial charge in [-0.15, -0.1) is 0 Å². The third kappa shape index (κ3) is 5.23. The Morgan fingerprint density at radius 2 is 1.78 bits per heavy atom. The molecular weight excluding hydrogens is 637 g/mol. The van der Waals surface area contributed by atoms with E-state index in [2.05, 4.69) is 32.4 Å². The first-order chi connectivity index (χ1) is 23.7. The van der Waals surface area contributed by atoms with Gasteiger partial charge in [-0.3, -0.25) is 19.1 Å². The molecule has 1 aromatic heterocycles. The van der Waals surface area contributed by atoms with Crippen LogP contribution in [0.15, 0.2) is 36.4 Å². The zero-order valence-electron chi connectivity index (χ0n) is 29.0. The number of piperidine rings is 1. The Morgan fingerprint density at radius 1 is 1.00 bits per heavy atom. The third-order valence-corrected chi connectivity index (χ3v) is 13.8. The molecule has 9 nitrogen and oxygen atoms in total. The highest BCUT2D eigenvalue weighted by Crippen LogP contribution is 2.66. The van der Waals surface area contributed by atoms with Gasteiger partial charge in [0.05, 0.1) is 18.2 Å². The van der Waals surface area contributed by atoms with Crippen molar-refractivity contribution in [3.8, 4) is 17.0 Å². The second-order valence-electron chi connectivity index (χ2n) is 15.5. The van der Waals surface area contributed by atoms with Gasteiger partial charge in [-0.25, -0.2) is 4.21 Å². The fraction of sp³-hybridized carbons (Fsp3) is 0.564. The summed E-state index contributed by atoms with van der Waals surface area (Å²) in [5.74, 6) is 1.10. The Morgan fingerprint density at radius 3 is 2.49 bits per heavy atom. The van der Waals surface area contributed by atoms with Crippen LogP contribution in [0.25, 0.3) is 22.2 Å². The molecule has 3 aromatic rings. The number of rotatable bonds is 7. The highest BCUT2D eigenvalue weighted by Gasteiger charge is 2.64. The summed E-state index contributed by atoms with van der Waals surface area (Å²) in [4.78, 5) is 44.3. The quantitative estimate of drug-likeness (QED) is 0.296. The molecular formula is C39H48N4O5S. The maximum atomic E-state index is 14.9. The summed E-state index contributed by atoms with van der Waals surface area (Å²) in [7, 11) is 0.212. The summed E-state index contributed by atoms with van der Waals surface area (Å²) in [6, 6.07) is 12.3. The molecule has 3 unspecified atom stereocenters. The molecule has 5 aliphatic rings. The van der Waals surface area contributed by atoms with Gasteiger partial charge in [-0.05, 0) is 106 Å².